The lowest BCUT2D eigenvalue weighted by Gasteiger charge is -2.35. The smallest absolute Gasteiger partial charge is 0.346 e. The van der Waals surface area contributed by atoms with E-state index >= 15 is 0 Å². The van der Waals surface area contributed by atoms with Gasteiger partial charge in [-0.2, -0.15) is 0 Å². The van der Waals surface area contributed by atoms with Crippen LogP contribution in [0.1, 0.15) is 56.1 Å². The minimum absolute atomic E-state index is 0.0734. The van der Waals surface area contributed by atoms with Gasteiger partial charge in [-0.3, -0.25) is 4.79 Å². The van der Waals surface area contributed by atoms with Crippen molar-refractivity contribution in [2.45, 2.75) is 59.1 Å². The molecule has 1 aliphatic carbocycles. The second-order valence-electron chi connectivity index (χ2n) is 6.44. The molecule has 1 aromatic rings. The minimum Gasteiger partial charge on any atom is -0.449 e. The lowest BCUT2D eigenvalue weighted by atomic mass is 9.78. The molecule has 1 saturated carbocycles. The van der Waals surface area contributed by atoms with Gasteiger partial charge in [-0.25, -0.2) is 4.79 Å². The van der Waals surface area contributed by atoms with Crippen molar-refractivity contribution in [3.8, 4) is 0 Å². The second-order valence-corrected chi connectivity index (χ2v) is 6.44. The summed E-state index contributed by atoms with van der Waals surface area (Å²) < 4.78 is 9.92. The molecule has 4 atom stereocenters. The van der Waals surface area contributed by atoms with Crippen molar-refractivity contribution < 1.29 is 18.8 Å². The standard InChI is InChI=1S/C16H25N3O4/c1-8-6-5-7-12(9(8)2)18-15(20)11(4)22-16(21)13-10(3)19-23-14(13)17/h8-9,11-12H,5-7,17H2,1-4H3,(H,18,20)/t8-,9-,11-,12-/m0/s1. The maximum atomic E-state index is 12.3. The zero-order valence-corrected chi connectivity index (χ0v) is 14.1. The molecule has 1 fully saturated rings. The van der Waals surface area contributed by atoms with Gasteiger partial charge < -0.3 is 20.3 Å². The van der Waals surface area contributed by atoms with E-state index in [9.17, 15) is 9.59 Å². The Morgan fingerprint density at radius 2 is 2.09 bits per heavy atom. The van der Waals surface area contributed by atoms with Crippen molar-refractivity contribution >= 4 is 17.8 Å². The van der Waals surface area contributed by atoms with Crippen molar-refractivity contribution in [3.05, 3.63) is 11.3 Å². The first-order valence-electron chi connectivity index (χ1n) is 8.04. The number of carbonyl (C=O) groups excluding carboxylic acids is 2. The molecule has 1 amide bonds. The Morgan fingerprint density at radius 1 is 1.39 bits per heavy atom. The van der Waals surface area contributed by atoms with E-state index in [0.717, 1.165) is 12.8 Å². The number of carbonyl (C=O) groups is 2. The van der Waals surface area contributed by atoms with Gasteiger partial charge in [0.1, 0.15) is 5.56 Å². The van der Waals surface area contributed by atoms with Gasteiger partial charge in [-0.15, -0.1) is 0 Å². The molecule has 0 aromatic carbocycles. The summed E-state index contributed by atoms with van der Waals surface area (Å²) in [4.78, 5) is 24.4. The molecule has 128 valence electrons. The third kappa shape index (κ3) is 3.83. The molecule has 0 bridgehead atoms. The van der Waals surface area contributed by atoms with Crippen LogP contribution in [-0.4, -0.2) is 29.2 Å². The highest BCUT2D eigenvalue weighted by atomic mass is 16.5. The lowest BCUT2D eigenvalue weighted by Crippen LogP contribution is -2.47. The van der Waals surface area contributed by atoms with Gasteiger partial charge in [-0.05, 0) is 32.1 Å². The fraction of sp³-hybridized carbons (Fsp3) is 0.688. The molecule has 1 aliphatic rings. The number of ether oxygens (including phenoxy) is 1. The SMILES string of the molecule is Cc1noc(N)c1C(=O)O[C@@H](C)C(=O)N[C@H]1CCC[C@H](C)[C@@H]1C. The van der Waals surface area contributed by atoms with E-state index in [4.69, 9.17) is 15.0 Å². The minimum atomic E-state index is -0.902. The Bertz CT molecular complexity index is 564. The molecule has 7 heteroatoms. The van der Waals surface area contributed by atoms with Gasteiger partial charge in [0.2, 0.25) is 5.88 Å². The molecule has 0 spiro atoms. The van der Waals surface area contributed by atoms with Crippen molar-refractivity contribution in [2.24, 2.45) is 11.8 Å². The van der Waals surface area contributed by atoms with E-state index in [1.165, 1.54) is 6.42 Å². The maximum Gasteiger partial charge on any atom is 0.346 e. The Morgan fingerprint density at radius 3 is 2.70 bits per heavy atom. The Balaban J connectivity index is 1.94. The highest BCUT2D eigenvalue weighted by Gasteiger charge is 2.31. The predicted octanol–water partition coefficient (Wildman–Crippen LogP) is 2.05. The van der Waals surface area contributed by atoms with E-state index < -0.39 is 12.1 Å². The normalized spacial score (nSPS) is 25.7. The molecule has 0 radical (unpaired) electrons. The number of nitrogens with zero attached hydrogens (tertiary/aromatic N) is 1. The van der Waals surface area contributed by atoms with Gasteiger partial charge in [0.05, 0.1) is 5.69 Å². The summed E-state index contributed by atoms with van der Waals surface area (Å²) >= 11 is 0. The van der Waals surface area contributed by atoms with Crippen LogP contribution in [0.2, 0.25) is 0 Å². The predicted molar refractivity (Wildman–Crippen MR) is 84.6 cm³/mol. The highest BCUT2D eigenvalue weighted by molar-refractivity contribution is 5.96. The lowest BCUT2D eigenvalue weighted by molar-refractivity contribution is -0.130. The summed E-state index contributed by atoms with van der Waals surface area (Å²) in [5, 5.41) is 6.59. The van der Waals surface area contributed by atoms with Gasteiger partial charge in [0, 0.05) is 6.04 Å². The van der Waals surface area contributed by atoms with Crippen LogP contribution < -0.4 is 11.1 Å². The number of anilines is 1. The molecule has 2 rings (SSSR count). The fourth-order valence-electron chi connectivity index (χ4n) is 2.99. The van der Waals surface area contributed by atoms with Crippen molar-refractivity contribution in [1.82, 2.24) is 10.5 Å². The fourth-order valence-corrected chi connectivity index (χ4v) is 2.99. The van der Waals surface area contributed by atoms with E-state index in [-0.39, 0.29) is 23.4 Å². The summed E-state index contributed by atoms with van der Waals surface area (Å²) in [6, 6.07) is 0.120. The molecule has 3 N–H and O–H groups in total. The number of aryl methyl sites for hydroxylation is 1. The van der Waals surface area contributed by atoms with Gasteiger partial charge >= 0.3 is 5.97 Å². The van der Waals surface area contributed by atoms with E-state index in [2.05, 4.69) is 24.3 Å². The van der Waals surface area contributed by atoms with Crippen LogP contribution in [0.3, 0.4) is 0 Å². The summed E-state index contributed by atoms with van der Waals surface area (Å²) in [5.41, 5.74) is 5.96. The third-order valence-electron chi connectivity index (χ3n) is 4.78. The maximum absolute atomic E-state index is 12.3. The van der Waals surface area contributed by atoms with Crippen molar-refractivity contribution in [3.63, 3.8) is 0 Å². The first-order valence-corrected chi connectivity index (χ1v) is 8.04. The largest absolute Gasteiger partial charge is 0.449 e. The Hall–Kier alpha value is -2.05. The third-order valence-corrected chi connectivity index (χ3v) is 4.78. The molecule has 0 unspecified atom stereocenters. The number of amides is 1. The van der Waals surface area contributed by atoms with E-state index in [0.29, 0.717) is 17.5 Å². The monoisotopic (exact) mass is 323 g/mol. The molecule has 0 aliphatic heterocycles. The molecule has 7 nitrogen and oxygen atoms in total. The number of nitrogen functional groups attached to an aromatic ring is 1. The molecule has 1 aromatic heterocycles. The van der Waals surface area contributed by atoms with Crippen molar-refractivity contribution in [2.75, 3.05) is 5.73 Å². The first kappa shape index (κ1) is 17.3. The first-order chi connectivity index (χ1) is 10.8. The van der Waals surface area contributed by atoms with E-state index in [1.807, 2.05) is 0 Å². The van der Waals surface area contributed by atoms with Gasteiger partial charge in [0.15, 0.2) is 6.10 Å². The van der Waals surface area contributed by atoms with Crippen LogP contribution in [0.25, 0.3) is 0 Å². The van der Waals surface area contributed by atoms with Gasteiger partial charge in [0.25, 0.3) is 5.91 Å². The van der Waals surface area contributed by atoms with Crippen LogP contribution in [0.4, 0.5) is 5.88 Å². The van der Waals surface area contributed by atoms with Crippen LogP contribution in [0, 0.1) is 18.8 Å². The molecule has 23 heavy (non-hydrogen) atoms. The van der Waals surface area contributed by atoms with Crippen molar-refractivity contribution in [1.29, 1.82) is 0 Å². The second kappa shape index (κ2) is 7.02. The summed E-state index contributed by atoms with van der Waals surface area (Å²) in [6.07, 6.45) is 2.33. The Kier molecular flexibility index (Phi) is 5.28. The number of aromatic nitrogens is 1. The molecule has 0 saturated heterocycles. The molecular weight excluding hydrogens is 298 g/mol. The Labute approximate surface area is 135 Å². The number of rotatable bonds is 4. The quantitative estimate of drug-likeness (QED) is 0.821. The summed E-state index contributed by atoms with van der Waals surface area (Å²) in [6.45, 7) is 7.48. The number of nitrogens with one attached hydrogen (secondary N) is 1. The van der Waals surface area contributed by atoms with Crippen LogP contribution in [-0.2, 0) is 9.53 Å². The summed E-state index contributed by atoms with van der Waals surface area (Å²) in [7, 11) is 0. The average Bonchev–Trinajstić information content (AvgIpc) is 2.82. The summed E-state index contributed by atoms with van der Waals surface area (Å²) in [5.74, 6) is -0.112. The average molecular weight is 323 g/mol. The topological polar surface area (TPSA) is 107 Å². The number of hydrogen-bond acceptors (Lipinski definition) is 6. The van der Waals surface area contributed by atoms with E-state index in [1.54, 1.807) is 13.8 Å². The zero-order chi connectivity index (χ0) is 17.1. The highest BCUT2D eigenvalue weighted by Crippen LogP contribution is 2.29. The van der Waals surface area contributed by atoms with Crippen LogP contribution in [0.15, 0.2) is 4.52 Å². The van der Waals surface area contributed by atoms with Crippen LogP contribution in [0.5, 0.6) is 0 Å². The van der Waals surface area contributed by atoms with Crippen LogP contribution >= 0.6 is 0 Å². The van der Waals surface area contributed by atoms with Gasteiger partial charge in [-0.1, -0.05) is 31.8 Å². The number of esters is 1. The number of nitrogens with two attached hydrogens (primary N) is 1. The molecule has 1 heterocycles. The number of hydrogen-bond donors (Lipinski definition) is 2. The molecular formula is C16H25N3O4. The zero-order valence-electron chi connectivity index (χ0n) is 14.1.